The van der Waals surface area contributed by atoms with Gasteiger partial charge in [0.25, 0.3) is 0 Å². The van der Waals surface area contributed by atoms with Gasteiger partial charge in [0.15, 0.2) is 0 Å². The summed E-state index contributed by atoms with van der Waals surface area (Å²) >= 11 is 3.18. The first-order valence-corrected chi connectivity index (χ1v) is 5.73. The number of halogens is 1. The van der Waals surface area contributed by atoms with Crippen LogP contribution in [0.5, 0.6) is 0 Å². The molecule has 1 saturated heterocycles. The molecule has 2 heterocycles. The normalized spacial score (nSPS) is 32.9. The molecule has 0 spiro atoms. The Hall–Kier alpha value is -1.03. The molecule has 0 radical (unpaired) electrons. The second-order valence-corrected chi connectivity index (χ2v) is 4.63. The van der Waals surface area contributed by atoms with E-state index in [0.717, 1.165) is 4.57 Å². The fraction of sp³-hybridized carbons (Fsp3) is 0.625. The topological polar surface area (TPSA) is 111 Å². The number of ether oxygens (including phenoxy) is 1. The van der Waals surface area contributed by atoms with E-state index in [2.05, 4.69) is 20.9 Å². The summed E-state index contributed by atoms with van der Waals surface area (Å²) in [5, 5.41) is 29.6. The Labute approximate surface area is 104 Å². The van der Waals surface area contributed by atoms with Crippen LogP contribution in [0, 0.1) is 10.1 Å². The van der Waals surface area contributed by atoms with Crippen LogP contribution in [0.1, 0.15) is 6.23 Å². The molecule has 17 heavy (non-hydrogen) atoms. The highest BCUT2D eigenvalue weighted by atomic mass is 79.9. The number of alkyl halides is 1. The molecule has 9 heteroatoms. The first-order chi connectivity index (χ1) is 8.06. The number of hydrogen-bond acceptors (Lipinski definition) is 6. The van der Waals surface area contributed by atoms with Gasteiger partial charge in [0, 0.05) is 0 Å². The van der Waals surface area contributed by atoms with E-state index >= 15 is 0 Å². The van der Waals surface area contributed by atoms with Crippen LogP contribution >= 0.6 is 15.9 Å². The van der Waals surface area contributed by atoms with Gasteiger partial charge in [0.05, 0.1) is 17.5 Å². The number of nitrogens with zero attached hydrogens (tertiary/aromatic N) is 3. The number of aliphatic hydroxyl groups is 2. The van der Waals surface area contributed by atoms with Crippen molar-refractivity contribution in [1.29, 1.82) is 0 Å². The minimum Gasteiger partial charge on any atom is -0.394 e. The molecule has 0 saturated carbocycles. The van der Waals surface area contributed by atoms with Crippen molar-refractivity contribution in [3.8, 4) is 0 Å². The Morgan fingerprint density at radius 2 is 2.41 bits per heavy atom. The van der Waals surface area contributed by atoms with E-state index < -0.39 is 34.1 Å². The Morgan fingerprint density at radius 3 is 2.94 bits per heavy atom. The van der Waals surface area contributed by atoms with E-state index in [9.17, 15) is 15.2 Å². The van der Waals surface area contributed by atoms with Gasteiger partial charge in [-0.05, 0) is 4.92 Å². The maximum atomic E-state index is 10.7. The number of hydrogen-bond donors (Lipinski definition) is 2. The molecule has 4 atom stereocenters. The molecule has 0 bridgehead atoms. The SMILES string of the molecule is O=[N+]([O-])c1nccn1C1O[C@H](CO)[C@@H](Br)[C@H]1O. The maximum Gasteiger partial charge on any atom is 0.436 e. The molecule has 1 unspecified atom stereocenters. The molecule has 1 aromatic rings. The van der Waals surface area contributed by atoms with Crippen molar-refractivity contribution in [3.05, 3.63) is 22.5 Å². The van der Waals surface area contributed by atoms with Crippen LogP contribution in [-0.2, 0) is 4.74 Å². The van der Waals surface area contributed by atoms with Crippen LogP contribution in [-0.4, -0.2) is 48.3 Å². The predicted molar refractivity (Wildman–Crippen MR) is 58.6 cm³/mol. The number of aliphatic hydroxyl groups excluding tert-OH is 2. The second-order valence-electron chi connectivity index (χ2n) is 3.57. The smallest absolute Gasteiger partial charge is 0.394 e. The number of aromatic nitrogens is 2. The van der Waals surface area contributed by atoms with E-state index in [1.807, 2.05) is 0 Å². The van der Waals surface area contributed by atoms with Crippen molar-refractivity contribution < 1.29 is 19.9 Å². The molecule has 2 N–H and O–H groups in total. The Bertz CT molecular complexity index is 425. The third-order valence-corrected chi connectivity index (χ3v) is 3.68. The standard InChI is InChI=1S/C8H10BrN3O5/c9-5-4(3-13)17-7(6(5)14)11-2-1-10-8(11)12(15)16/h1-2,4-7,13-14H,3H2/t4-,5-,6-,7?/m1/s1. The molecule has 0 amide bonds. The zero-order valence-corrected chi connectivity index (χ0v) is 10.1. The average Bonchev–Trinajstić information content (AvgIpc) is 2.86. The van der Waals surface area contributed by atoms with Gasteiger partial charge in [0.1, 0.15) is 18.5 Å². The Kier molecular flexibility index (Phi) is 3.43. The minimum atomic E-state index is -1.000. The van der Waals surface area contributed by atoms with Gasteiger partial charge in [-0.2, -0.15) is 4.57 Å². The average molecular weight is 308 g/mol. The van der Waals surface area contributed by atoms with Crippen molar-refractivity contribution in [2.45, 2.75) is 23.3 Å². The lowest BCUT2D eigenvalue weighted by molar-refractivity contribution is -0.398. The van der Waals surface area contributed by atoms with Crippen molar-refractivity contribution in [2.24, 2.45) is 0 Å². The Morgan fingerprint density at radius 1 is 1.71 bits per heavy atom. The van der Waals surface area contributed by atoms with Crippen molar-refractivity contribution in [1.82, 2.24) is 9.55 Å². The van der Waals surface area contributed by atoms with Gasteiger partial charge < -0.3 is 25.1 Å². The summed E-state index contributed by atoms with van der Waals surface area (Å²) in [6.07, 6.45) is 0.0614. The summed E-state index contributed by atoms with van der Waals surface area (Å²) in [6, 6.07) is 0. The van der Waals surface area contributed by atoms with E-state index in [1.54, 1.807) is 0 Å². The molecule has 8 nitrogen and oxygen atoms in total. The summed E-state index contributed by atoms with van der Waals surface area (Å²) in [5.41, 5.74) is 0. The van der Waals surface area contributed by atoms with Crippen molar-refractivity contribution in [3.63, 3.8) is 0 Å². The highest BCUT2D eigenvalue weighted by Gasteiger charge is 2.46. The van der Waals surface area contributed by atoms with Crippen LogP contribution in [0.15, 0.2) is 12.4 Å². The molecule has 2 rings (SSSR count). The van der Waals surface area contributed by atoms with Crippen LogP contribution in [0.3, 0.4) is 0 Å². The van der Waals surface area contributed by atoms with E-state index in [1.165, 1.54) is 12.4 Å². The quantitative estimate of drug-likeness (QED) is 0.455. The van der Waals surface area contributed by atoms with E-state index in [4.69, 9.17) is 9.84 Å². The van der Waals surface area contributed by atoms with Crippen molar-refractivity contribution >= 4 is 21.9 Å². The number of nitro groups is 1. The molecular weight excluding hydrogens is 298 g/mol. The summed E-state index contributed by atoms with van der Waals surface area (Å²) in [7, 11) is 0. The lowest BCUT2D eigenvalue weighted by Gasteiger charge is -2.13. The molecule has 0 aromatic carbocycles. The van der Waals surface area contributed by atoms with Gasteiger partial charge in [-0.15, -0.1) is 0 Å². The molecule has 94 valence electrons. The maximum absolute atomic E-state index is 10.7. The molecule has 1 aromatic heterocycles. The molecule has 0 aliphatic carbocycles. The number of imidazole rings is 1. The summed E-state index contributed by atoms with van der Waals surface area (Å²) in [6.45, 7) is -0.286. The highest BCUT2D eigenvalue weighted by Crippen LogP contribution is 2.35. The van der Waals surface area contributed by atoms with Crippen molar-refractivity contribution in [2.75, 3.05) is 6.61 Å². The monoisotopic (exact) mass is 307 g/mol. The third-order valence-electron chi connectivity index (χ3n) is 2.55. The summed E-state index contributed by atoms with van der Waals surface area (Å²) < 4.78 is 6.48. The van der Waals surface area contributed by atoms with Gasteiger partial charge in [-0.25, -0.2) is 0 Å². The first kappa shape index (κ1) is 12.4. The van der Waals surface area contributed by atoms with Gasteiger partial charge in [0.2, 0.25) is 6.23 Å². The second kappa shape index (κ2) is 4.69. The molecule has 1 aliphatic rings. The van der Waals surface area contributed by atoms with Crippen LogP contribution in [0.25, 0.3) is 0 Å². The van der Waals surface area contributed by atoms with Gasteiger partial charge in [-0.1, -0.05) is 20.9 Å². The highest BCUT2D eigenvalue weighted by molar-refractivity contribution is 9.09. The molecular formula is C8H10BrN3O5. The van der Waals surface area contributed by atoms with Gasteiger partial charge >= 0.3 is 5.95 Å². The molecule has 1 fully saturated rings. The fourth-order valence-corrected chi connectivity index (χ4v) is 2.28. The van der Waals surface area contributed by atoms with E-state index in [-0.39, 0.29) is 6.61 Å². The Balaban J connectivity index is 2.29. The lowest BCUT2D eigenvalue weighted by Crippen LogP contribution is -2.28. The van der Waals surface area contributed by atoms with Gasteiger partial charge in [-0.3, -0.25) is 0 Å². The first-order valence-electron chi connectivity index (χ1n) is 4.82. The zero-order chi connectivity index (χ0) is 12.6. The largest absolute Gasteiger partial charge is 0.436 e. The van der Waals surface area contributed by atoms with Crippen LogP contribution in [0.4, 0.5) is 5.95 Å². The van der Waals surface area contributed by atoms with E-state index in [0.29, 0.717) is 0 Å². The summed E-state index contributed by atoms with van der Waals surface area (Å²) in [4.78, 5) is 13.1. The number of rotatable bonds is 3. The summed E-state index contributed by atoms with van der Waals surface area (Å²) in [5.74, 6) is -0.410. The predicted octanol–water partition coefficient (Wildman–Crippen LogP) is -0.195. The van der Waals surface area contributed by atoms with Crippen LogP contribution < -0.4 is 0 Å². The lowest BCUT2D eigenvalue weighted by atomic mass is 10.2. The third kappa shape index (κ3) is 2.06. The fourth-order valence-electron chi connectivity index (χ4n) is 1.73. The zero-order valence-electron chi connectivity index (χ0n) is 8.51. The van der Waals surface area contributed by atoms with Crippen LogP contribution in [0.2, 0.25) is 0 Å². The molecule has 1 aliphatic heterocycles. The minimum absolute atomic E-state index is 0.286.